The number of para-hydroxylation sites is 3. The van der Waals surface area contributed by atoms with E-state index in [9.17, 15) is 0 Å². The lowest BCUT2D eigenvalue weighted by Gasteiger charge is -2.10. The van der Waals surface area contributed by atoms with E-state index in [0.29, 0.717) is 0 Å². The topological polar surface area (TPSA) is 29.6 Å². The molecule has 3 aromatic heterocycles. The summed E-state index contributed by atoms with van der Waals surface area (Å²) in [7, 11) is 0. The molecule has 0 spiro atoms. The first kappa shape index (κ1) is 25.4. The molecule has 0 amide bonds. The number of furan rings is 1. The number of hydrogen-bond donors (Lipinski definition) is 1. The fourth-order valence-corrected chi connectivity index (χ4v) is 6.81. The van der Waals surface area contributed by atoms with Gasteiger partial charge in [-0.1, -0.05) is 104 Å². The maximum absolute atomic E-state index is 6.15. The third-order valence-corrected chi connectivity index (χ3v) is 8.90. The minimum absolute atomic E-state index is 0.831. The lowest BCUT2D eigenvalue weighted by molar-refractivity contribution is 0.600. The van der Waals surface area contributed by atoms with Crippen LogP contribution in [0.5, 0.6) is 0 Å². The Bertz CT molecular complexity index is 2530. The van der Waals surface area contributed by atoms with E-state index in [1.807, 2.05) is 24.3 Å². The minimum atomic E-state index is 0.831. The third-order valence-electron chi connectivity index (χ3n) is 8.90. The largest absolute Gasteiger partial charge is 0.456 e. The molecule has 3 heterocycles. The number of allylic oxidation sites excluding steroid dienone is 2. The maximum atomic E-state index is 6.15. The summed E-state index contributed by atoms with van der Waals surface area (Å²) in [6.07, 6.45) is 3.80. The highest BCUT2D eigenvalue weighted by Gasteiger charge is 2.17. The predicted molar refractivity (Wildman–Crippen MR) is 190 cm³/mol. The molecule has 0 aliphatic heterocycles. The maximum Gasteiger partial charge on any atom is 0.136 e. The van der Waals surface area contributed by atoms with Gasteiger partial charge in [0.2, 0.25) is 0 Å². The lowest BCUT2D eigenvalue weighted by atomic mass is 10.0. The van der Waals surface area contributed by atoms with Gasteiger partial charge in [0.25, 0.3) is 0 Å². The third kappa shape index (κ3) is 4.05. The average molecular weight is 577 g/mol. The number of nitrogens with one attached hydrogen (secondary N) is 1. The molecule has 0 atom stereocenters. The molecule has 45 heavy (non-hydrogen) atoms. The molecular weight excluding hydrogens is 548 g/mol. The van der Waals surface area contributed by atoms with E-state index in [0.717, 1.165) is 39.2 Å². The lowest BCUT2D eigenvalue weighted by Crippen LogP contribution is -1.92. The molecule has 0 unspecified atom stereocenters. The van der Waals surface area contributed by atoms with Crippen molar-refractivity contribution in [3.05, 3.63) is 170 Å². The van der Waals surface area contributed by atoms with Crippen molar-refractivity contribution in [1.82, 2.24) is 4.40 Å². The van der Waals surface area contributed by atoms with Gasteiger partial charge in [0.15, 0.2) is 0 Å². The van der Waals surface area contributed by atoms with Crippen LogP contribution in [0.3, 0.4) is 0 Å². The molecule has 212 valence electrons. The van der Waals surface area contributed by atoms with Crippen LogP contribution in [0.1, 0.15) is 11.3 Å². The molecule has 9 aromatic rings. The van der Waals surface area contributed by atoms with Crippen molar-refractivity contribution in [2.75, 3.05) is 5.32 Å². The van der Waals surface area contributed by atoms with E-state index >= 15 is 0 Å². The van der Waals surface area contributed by atoms with Gasteiger partial charge in [0, 0.05) is 43.9 Å². The van der Waals surface area contributed by atoms with Crippen molar-refractivity contribution in [3.63, 3.8) is 0 Å². The van der Waals surface area contributed by atoms with Gasteiger partial charge in [-0.25, -0.2) is 0 Å². The van der Waals surface area contributed by atoms with E-state index in [-0.39, 0.29) is 0 Å². The molecule has 3 heteroatoms. The van der Waals surface area contributed by atoms with Crippen LogP contribution >= 0.6 is 0 Å². The Morgan fingerprint density at radius 2 is 1.27 bits per heavy atom. The van der Waals surface area contributed by atoms with Crippen LogP contribution in [-0.4, -0.2) is 4.40 Å². The molecule has 9 rings (SSSR count). The van der Waals surface area contributed by atoms with Crippen LogP contribution in [0, 0.1) is 0 Å². The minimum Gasteiger partial charge on any atom is -0.456 e. The molecule has 0 aliphatic carbocycles. The molecule has 0 aliphatic rings. The van der Waals surface area contributed by atoms with Gasteiger partial charge in [-0.2, -0.15) is 0 Å². The quantitative estimate of drug-likeness (QED) is 0.200. The summed E-state index contributed by atoms with van der Waals surface area (Å²) in [5.41, 5.74) is 11.2. The number of fused-ring (bicyclic) bond motifs is 7. The van der Waals surface area contributed by atoms with E-state index in [4.69, 9.17) is 4.42 Å². The second-order valence-corrected chi connectivity index (χ2v) is 11.5. The predicted octanol–water partition coefficient (Wildman–Crippen LogP) is 11.6. The van der Waals surface area contributed by atoms with Gasteiger partial charge in [-0.05, 0) is 71.3 Å². The Labute approximate surface area is 260 Å². The first-order chi connectivity index (χ1) is 22.2. The summed E-state index contributed by atoms with van der Waals surface area (Å²) < 4.78 is 8.57. The second-order valence-electron chi connectivity index (χ2n) is 11.5. The van der Waals surface area contributed by atoms with Crippen LogP contribution in [0.4, 0.5) is 11.4 Å². The van der Waals surface area contributed by atoms with Crippen LogP contribution in [-0.2, 0) is 0 Å². The Kier molecular flexibility index (Phi) is 5.66. The van der Waals surface area contributed by atoms with Crippen LogP contribution in [0.25, 0.3) is 65.8 Å². The number of aromatic nitrogens is 1. The molecular formula is C42H28N2O. The Morgan fingerprint density at radius 3 is 2.07 bits per heavy atom. The zero-order valence-electron chi connectivity index (χ0n) is 24.5. The van der Waals surface area contributed by atoms with Crippen molar-refractivity contribution in [3.8, 4) is 11.1 Å². The number of benzene rings is 6. The van der Waals surface area contributed by atoms with E-state index in [1.165, 1.54) is 49.2 Å². The molecule has 3 nitrogen and oxygen atoms in total. The van der Waals surface area contributed by atoms with Gasteiger partial charge in [-0.3, -0.25) is 0 Å². The monoisotopic (exact) mass is 576 g/mol. The molecule has 0 radical (unpaired) electrons. The van der Waals surface area contributed by atoms with Crippen molar-refractivity contribution in [1.29, 1.82) is 0 Å². The van der Waals surface area contributed by atoms with Gasteiger partial charge < -0.3 is 14.1 Å². The van der Waals surface area contributed by atoms with Crippen molar-refractivity contribution >= 4 is 66.0 Å². The Morgan fingerprint density at radius 1 is 0.600 bits per heavy atom. The van der Waals surface area contributed by atoms with Crippen LogP contribution in [0.2, 0.25) is 0 Å². The van der Waals surface area contributed by atoms with Gasteiger partial charge in [0.1, 0.15) is 11.3 Å². The average Bonchev–Trinajstić information content (AvgIpc) is 3.77. The Balaban J connectivity index is 0.992. The van der Waals surface area contributed by atoms with E-state index in [2.05, 4.69) is 138 Å². The van der Waals surface area contributed by atoms with Crippen LogP contribution < -0.4 is 5.32 Å². The first-order valence-electron chi connectivity index (χ1n) is 15.2. The zero-order valence-corrected chi connectivity index (χ0v) is 24.5. The molecule has 1 N–H and O–H groups in total. The fourth-order valence-electron chi connectivity index (χ4n) is 6.81. The molecule has 0 fully saturated rings. The smallest absolute Gasteiger partial charge is 0.136 e. The second kappa shape index (κ2) is 10.0. The number of rotatable bonds is 6. The van der Waals surface area contributed by atoms with E-state index < -0.39 is 0 Å². The van der Waals surface area contributed by atoms with E-state index in [1.54, 1.807) is 6.08 Å². The summed E-state index contributed by atoms with van der Waals surface area (Å²) >= 11 is 0. The molecule has 0 saturated heterocycles. The molecule has 6 aromatic carbocycles. The summed E-state index contributed by atoms with van der Waals surface area (Å²) in [6, 6.07) is 49.5. The normalized spacial score (nSPS) is 12.2. The van der Waals surface area contributed by atoms with Gasteiger partial charge in [-0.15, -0.1) is 0 Å². The summed E-state index contributed by atoms with van der Waals surface area (Å²) in [5, 5.41) is 9.85. The summed E-state index contributed by atoms with van der Waals surface area (Å²) in [5.74, 6) is 0.831. The van der Waals surface area contributed by atoms with Crippen molar-refractivity contribution in [2.45, 2.75) is 0 Å². The highest BCUT2D eigenvalue weighted by atomic mass is 16.3. The highest BCUT2D eigenvalue weighted by molar-refractivity contribution is 6.23. The van der Waals surface area contributed by atoms with Gasteiger partial charge >= 0.3 is 0 Å². The highest BCUT2D eigenvalue weighted by Crippen LogP contribution is 2.40. The standard InChI is InChI=1S/C42H28N2O/c1-2-8-33(41-26-30-9-3-6-14-40(30)45-41)28-17-22-32(23-18-28)43-31-20-15-27(16-21-31)29-19-24-39-37(25-29)36-12-7-11-35-34-10-4-5-13-38(34)44(39)42(35)36/h2-26,43H,1H2/b33-8-. The molecule has 0 saturated carbocycles. The fraction of sp³-hybridized carbons (Fsp3) is 0. The summed E-state index contributed by atoms with van der Waals surface area (Å²) in [4.78, 5) is 0. The van der Waals surface area contributed by atoms with Crippen LogP contribution in [0.15, 0.2) is 163 Å². The number of hydrogen-bond acceptors (Lipinski definition) is 2. The number of nitrogens with zero attached hydrogens (tertiary/aromatic N) is 1. The summed E-state index contributed by atoms with van der Waals surface area (Å²) in [6.45, 7) is 3.92. The molecule has 0 bridgehead atoms. The Hall–Kier alpha value is -6.06. The SMILES string of the molecule is C=C/C=C(/c1ccc(Nc2ccc(-c3ccc4c(c3)c3cccc5c6ccccc6n4c53)cc2)cc1)c1cc2ccccc2o1. The zero-order chi connectivity index (χ0) is 29.9. The van der Waals surface area contributed by atoms with Gasteiger partial charge in [0.05, 0.1) is 16.6 Å². The number of anilines is 2. The first-order valence-corrected chi connectivity index (χ1v) is 15.2. The van der Waals surface area contributed by atoms with Crippen molar-refractivity contribution < 1.29 is 4.42 Å². The van der Waals surface area contributed by atoms with Crippen molar-refractivity contribution in [2.24, 2.45) is 0 Å².